The molecule has 0 radical (unpaired) electrons. The third-order valence-electron chi connectivity index (χ3n) is 7.02. The number of nitrogens with zero attached hydrogens (tertiary/aromatic N) is 7. The number of piperidine rings is 1. The van der Waals surface area contributed by atoms with Crippen LogP contribution in [0.5, 0.6) is 5.75 Å². The summed E-state index contributed by atoms with van der Waals surface area (Å²) in [5, 5.41) is 36.7. The van der Waals surface area contributed by atoms with E-state index in [4.69, 9.17) is 9.47 Å². The number of thioether (sulfide) groups is 1. The third kappa shape index (κ3) is 83.2. The van der Waals surface area contributed by atoms with Crippen LogP contribution in [-0.4, -0.2) is 174 Å². The Bertz CT molecular complexity index is 1200. The van der Waals surface area contributed by atoms with Crippen LogP contribution >= 0.6 is 11.8 Å². The Morgan fingerprint density at radius 2 is 1.08 bits per heavy atom. The zero-order valence-corrected chi connectivity index (χ0v) is 49.9. The number of aromatic nitrogens is 10. The van der Waals surface area contributed by atoms with E-state index in [0.717, 1.165) is 32.1 Å². The van der Waals surface area contributed by atoms with Crippen molar-refractivity contribution in [1.29, 1.82) is 0 Å². The fourth-order valence-electron chi connectivity index (χ4n) is 4.13. The fraction of sp³-hybridized carbons (Fsp3) is 0.776. The van der Waals surface area contributed by atoms with Crippen LogP contribution in [0.15, 0.2) is 62.0 Å². The lowest BCUT2D eigenvalue weighted by Gasteiger charge is -2.10. The van der Waals surface area contributed by atoms with Gasteiger partial charge in [0.15, 0.2) is 16.2 Å². The molecule has 430 valence electrons. The van der Waals surface area contributed by atoms with Crippen LogP contribution in [0.25, 0.3) is 0 Å². The molecule has 0 atom stereocenters. The van der Waals surface area contributed by atoms with E-state index in [0.29, 0.717) is 31.1 Å². The molecule has 0 bridgehead atoms. The second-order valence-corrected chi connectivity index (χ2v) is 15.1. The summed E-state index contributed by atoms with van der Waals surface area (Å²) in [6, 6.07) is 3.61. The number of alkyl halides is 2. The number of imidazole rings is 1. The summed E-state index contributed by atoms with van der Waals surface area (Å²) in [5.41, 5.74) is 0. The number of rotatable bonds is 1. The van der Waals surface area contributed by atoms with Crippen molar-refractivity contribution in [2.75, 3.05) is 109 Å². The molecule has 0 amide bonds. The van der Waals surface area contributed by atoms with E-state index in [2.05, 4.69) is 77.6 Å². The van der Waals surface area contributed by atoms with Crippen molar-refractivity contribution >= 4 is 21.6 Å². The molecule has 0 spiro atoms. The van der Waals surface area contributed by atoms with Crippen molar-refractivity contribution in [2.24, 2.45) is 0 Å². The molecule has 19 nitrogen and oxygen atoms in total. The summed E-state index contributed by atoms with van der Waals surface area (Å²) in [6.07, 6.45) is 17.2. The number of halogens is 2. The SMILES string of the molecule is C1CCNCC1.C1COCCN1.C1CSCCN1.CC.CC.CC.CC.CC.CC.CC.CC.COc1ccncc1.FC1(F)CCNC1.O=S1(=O)CCNCC1.c1c[nH]cn1.c1cn[nH]n1.c1nn[nH]n1. The zero-order chi connectivity index (χ0) is 56.5. The van der Waals surface area contributed by atoms with Gasteiger partial charge >= 0.3 is 0 Å². The van der Waals surface area contributed by atoms with Crippen molar-refractivity contribution < 1.29 is 26.7 Å². The first-order valence-electron chi connectivity index (χ1n) is 26.4. The van der Waals surface area contributed by atoms with Crippen LogP contribution in [0.2, 0.25) is 0 Å². The highest BCUT2D eigenvalue weighted by Crippen LogP contribution is 2.19. The lowest BCUT2D eigenvalue weighted by molar-refractivity contribution is 0.0238. The molecule has 8 N–H and O–H groups in total. The predicted octanol–water partition coefficient (Wildman–Crippen LogP) is 9.02. The molecule has 72 heavy (non-hydrogen) atoms. The smallest absolute Gasteiger partial charge is 0.261 e. The van der Waals surface area contributed by atoms with Gasteiger partial charge in [-0.15, -0.1) is 10.2 Å². The molecule has 0 unspecified atom stereocenters. The summed E-state index contributed by atoms with van der Waals surface area (Å²) in [5.74, 6) is 1.67. The van der Waals surface area contributed by atoms with Gasteiger partial charge in [0.05, 0.1) is 57.1 Å². The molecule has 0 saturated carbocycles. The van der Waals surface area contributed by atoms with Gasteiger partial charge in [0.25, 0.3) is 5.92 Å². The molecule has 23 heteroatoms. The van der Waals surface area contributed by atoms with Gasteiger partial charge in [-0.25, -0.2) is 22.2 Å². The van der Waals surface area contributed by atoms with Gasteiger partial charge in [0, 0.05) is 88.5 Å². The number of aromatic amines is 3. The molecule has 9 rings (SSSR count). The highest BCUT2D eigenvalue weighted by atomic mass is 32.2. The van der Waals surface area contributed by atoms with Gasteiger partial charge in [0.1, 0.15) is 5.75 Å². The van der Waals surface area contributed by atoms with Crippen LogP contribution in [0.1, 0.15) is 136 Å². The number of nitrogens with one attached hydrogen (secondary N) is 8. The second-order valence-electron chi connectivity index (χ2n) is 11.6. The Morgan fingerprint density at radius 1 is 0.583 bits per heavy atom. The number of pyridine rings is 1. The van der Waals surface area contributed by atoms with E-state index in [1.54, 1.807) is 62.8 Å². The average Bonchev–Trinajstić information content (AvgIpc) is 4.38. The highest BCUT2D eigenvalue weighted by Gasteiger charge is 2.32. The van der Waals surface area contributed by atoms with Gasteiger partial charge in [-0.1, -0.05) is 122 Å². The van der Waals surface area contributed by atoms with Gasteiger partial charge in [0.2, 0.25) is 0 Å². The maximum atomic E-state index is 11.9. The van der Waals surface area contributed by atoms with E-state index < -0.39 is 15.8 Å². The van der Waals surface area contributed by atoms with E-state index in [-0.39, 0.29) is 13.0 Å². The number of sulfone groups is 1. The maximum Gasteiger partial charge on any atom is 0.261 e. The molecule has 0 aliphatic carbocycles. The zero-order valence-electron chi connectivity index (χ0n) is 48.3. The molecule has 4 aromatic rings. The van der Waals surface area contributed by atoms with E-state index >= 15 is 0 Å². The van der Waals surface area contributed by atoms with Crippen molar-refractivity contribution in [3.63, 3.8) is 0 Å². The Balaban J connectivity index is -0.000000103. The Morgan fingerprint density at radius 3 is 1.25 bits per heavy atom. The topological polar surface area (TPSA) is 250 Å². The minimum atomic E-state index is -2.65. The summed E-state index contributed by atoms with van der Waals surface area (Å²) in [7, 11) is -1.01. The lowest BCUT2D eigenvalue weighted by Crippen LogP contribution is -2.35. The van der Waals surface area contributed by atoms with E-state index in [9.17, 15) is 17.2 Å². The summed E-state index contributed by atoms with van der Waals surface area (Å²) < 4.78 is 54.9. The molecular weight excluding hydrogens is 965 g/mol. The molecule has 5 aliphatic rings. The van der Waals surface area contributed by atoms with Crippen molar-refractivity contribution in [2.45, 2.75) is 142 Å². The molecule has 5 saturated heterocycles. The van der Waals surface area contributed by atoms with Gasteiger partial charge in [-0.05, 0) is 38.1 Å². The van der Waals surface area contributed by atoms with Gasteiger partial charge in [-0.2, -0.15) is 32.4 Å². The van der Waals surface area contributed by atoms with E-state index in [1.165, 1.54) is 63.3 Å². The number of hydrogen-bond donors (Lipinski definition) is 8. The Hall–Kier alpha value is -3.71. The van der Waals surface area contributed by atoms with Crippen LogP contribution in [0.4, 0.5) is 8.78 Å². The second kappa shape index (κ2) is 84.1. The number of morpholine rings is 1. The average molecular weight is 1070 g/mol. The number of H-pyrrole nitrogens is 3. The number of methoxy groups -OCH3 is 1. The van der Waals surface area contributed by atoms with Crippen molar-refractivity contribution in [1.82, 2.24) is 77.6 Å². The molecule has 5 aliphatic heterocycles. The number of tetrazole rings is 1. The Labute approximate surface area is 443 Å². The van der Waals surface area contributed by atoms with Crippen molar-refractivity contribution in [3.8, 4) is 5.75 Å². The van der Waals surface area contributed by atoms with Crippen LogP contribution in [0, 0.1) is 0 Å². The summed E-state index contributed by atoms with van der Waals surface area (Å²) in [4.78, 5) is 10.2. The predicted molar refractivity (Wildman–Crippen MR) is 305 cm³/mol. The molecule has 4 aromatic heterocycles. The third-order valence-corrected chi connectivity index (χ3v) is 9.66. The first-order chi connectivity index (χ1) is 35.3. The minimum Gasteiger partial charge on any atom is -0.497 e. The van der Waals surface area contributed by atoms with Crippen LogP contribution in [0.3, 0.4) is 0 Å². The number of ether oxygens (including phenoxy) is 2. The molecule has 9 heterocycles. The summed E-state index contributed by atoms with van der Waals surface area (Å²) >= 11 is 2.03. The fourth-order valence-corrected chi connectivity index (χ4v) is 6.03. The first-order valence-corrected chi connectivity index (χ1v) is 29.4. The van der Waals surface area contributed by atoms with Gasteiger partial charge < -0.3 is 41.0 Å². The molecule has 5 fully saturated rings. The number of hydrogen-bond acceptors (Lipinski definition) is 17. The van der Waals surface area contributed by atoms with Crippen LogP contribution < -0.4 is 31.3 Å². The monoisotopic (exact) mass is 1070 g/mol. The minimum absolute atomic E-state index is 0.00694. The largest absolute Gasteiger partial charge is 0.497 e. The normalized spacial score (nSPS) is 15.1. The maximum absolute atomic E-state index is 11.9. The van der Waals surface area contributed by atoms with Gasteiger partial charge in [-0.3, -0.25) is 4.98 Å². The highest BCUT2D eigenvalue weighted by molar-refractivity contribution is 7.99. The first kappa shape index (κ1) is 85.1. The lowest BCUT2D eigenvalue weighted by atomic mass is 10.2. The van der Waals surface area contributed by atoms with Crippen LogP contribution in [-0.2, 0) is 14.6 Å². The van der Waals surface area contributed by atoms with E-state index in [1.807, 2.05) is 123 Å². The Kier molecular flexibility index (Phi) is 99.4. The summed E-state index contributed by atoms with van der Waals surface area (Å²) in [6.45, 7) is 42.3. The standard InChI is InChI=1S/C6H7NO.C5H11N.C4H7F2N.C4H9NO2S.C4H9NO.C4H9NS.C3H4N2.C2H3N3.8C2H6.CH2N4/c1-8-6-2-4-7-5-3-6;1-2-4-6-5-3-1;5-4(6)1-2-7-3-4;6-8(7)3-1-5-2-4-8;2*1-3-6-4-2-5-1;1-2-5-3-4-1;1-2-4-5-3-1;8*1-2;1-2-4-5-3-1/h2-5H,1H3;6H,1-5H2;7H,1-3H2;5H,1-4H2;2*5H,1-4H2;1-3H,(H,4,5);1-2H,(H,3,4,5);8*1-2H3;1H,(H,2,3,4,5). The molecule has 0 aromatic carbocycles. The quantitative estimate of drug-likeness (QED) is 0.0885. The van der Waals surface area contributed by atoms with Crippen molar-refractivity contribution in [3.05, 3.63) is 62.0 Å². The molecular formula is C49H109F2N15O4S2.